The number of hydrogen-bond donors (Lipinski definition) is 2. The van der Waals surface area contributed by atoms with Crippen molar-refractivity contribution in [2.24, 2.45) is 11.7 Å². The van der Waals surface area contributed by atoms with Crippen LogP contribution in [0.5, 0.6) is 11.5 Å². The lowest BCUT2D eigenvalue weighted by molar-refractivity contribution is -0.133. The van der Waals surface area contributed by atoms with Crippen molar-refractivity contribution in [3.63, 3.8) is 0 Å². The van der Waals surface area contributed by atoms with Crippen LogP contribution < -0.4 is 20.5 Å². The summed E-state index contributed by atoms with van der Waals surface area (Å²) in [5.74, 6) is 1.66. The van der Waals surface area contributed by atoms with Crippen LogP contribution in [-0.2, 0) is 9.53 Å². The zero-order valence-corrected chi connectivity index (χ0v) is 15.5. The lowest BCUT2D eigenvalue weighted by Gasteiger charge is -2.26. The summed E-state index contributed by atoms with van der Waals surface area (Å²) in [5, 5.41) is 3.13. The van der Waals surface area contributed by atoms with Gasteiger partial charge in [-0.1, -0.05) is 19.9 Å². The number of amides is 1. The minimum atomic E-state index is -0.406. The number of ether oxygens (including phenoxy) is 3. The van der Waals surface area contributed by atoms with Gasteiger partial charge in [-0.3, -0.25) is 4.79 Å². The molecule has 2 aliphatic heterocycles. The minimum Gasteiger partial charge on any atom is -0.486 e. The van der Waals surface area contributed by atoms with Crippen LogP contribution in [0.3, 0.4) is 0 Å². The molecule has 0 saturated carbocycles. The highest BCUT2D eigenvalue weighted by molar-refractivity contribution is 5.85. The van der Waals surface area contributed by atoms with Crippen molar-refractivity contribution in [2.45, 2.75) is 44.9 Å². The first kappa shape index (κ1) is 19.8. The van der Waals surface area contributed by atoms with Gasteiger partial charge >= 0.3 is 0 Å². The van der Waals surface area contributed by atoms with Crippen molar-refractivity contribution in [2.75, 3.05) is 19.8 Å². The van der Waals surface area contributed by atoms with Gasteiger partial charge in [0.1, 0.15) is 19.3 Å². The molecule has 1 unspecified atom stereocenters. The minimum absolute atomic E-state index is 0. The summed E-state index contributed by atoms with van der Waals surface area (Å²) in [4.78, 5) is 12.6. The summed E-state index contributed by atoms with van der Waals surface area (Å²) < 4.78 is 16.9. The quantitative estimate of drug-likeness (QED) is 0.830. The fraction of sp³-hybridized carbons (Fsp3) is 0.611. The van der Waals surface area contributed by atoms with Crippen LogP contribution in [0.15, 0.2) is 18.2 Å². The fourth-order valence-electron chi connectivity index (χ4n) is 3.21. The second kappa shape index (κ2) is 8.74. The van der Waals surface area contributed by atoms with E-state index in [4.69, 9.17) is 19.9 Å². The average molecular weight is 371 g/mol. The molecule has 0 spiro atoms. The summed E-state index contributed by atoms with van der Waals surface area (Å²) in [6, 6.07) is 5.74. The summed E-state index contributed by atoms with van der Waals surface area (Å²) in [7, 11) is 0. The number of nitrogens with one attached hydrogen (secondary N) is 1. The topological polar surface area (TPSA) is 82.8 Å². The Labute approximate surface area is 154 Å². The van der Waals surface area contributed by atoms with E-state index in [1.807, 2.05) is 18.2 Å². The Morgan fingerprint density at radius 2 is 1.96 bits per heavy atom. The smallest absolute Gasteiger partial charge is 0.249 e. The van der Waals surface area contributed by atoms with Gasteiger partial charge in [0.25, 0.3) is 0 Å². The number of rotatable bonds is 5. The van der Waals surface area contributed by atoms with Crippen molar-refractivity contribution < 1.29 is 19.0 Å². The number of carbonyl (C=O) groups excluding carboxylic acids is 1. The molecule has 3 atom stereocenters. The molecule has 6 nitrogen and oxygen atoms in total. The highest BCUT2D eigenvalue weighted by Gasteiger charge is 2.32. The largest absolute Gasteiger partial charge is 0.486 e. The van der Waals surface area contributed by atoms with Gasteiger partial charge in [0.2, 0.25) is 5.91 Å². The number of hydrogen-bond acceptors (Lipinski definition) is 5. The van der Waals surface area contributed by atoms with E-state index in [9.17, 15) is 4.79 Å². The Balaban J connectivity index is 0.00000225. The molecule has 0 radical (unpaired) electrons. The fourth-order valence-corrected chi connectivity index (χ4v) is 3.21. The van der Waals surface area contributed by atoms with Crippen molar-refractivity contribution in [1.29, 1.82) is 0 Å². The molecule has 1 aromatic rings. The molecule has 1 fully saturated rings. The predicted molar refractivity (Wildman–Crippen MR) is 97.4 cm³/mol. The Kier molecular flexibility index (Phi) is 6.93. The van der Waals surface area contributed by atoms with Crippen molar-refractivity contribution >= 4 is 18.3 Å². The zero-order valence-electron chi connectivity index (χ0n) is 14.7. The molecule has 1 amide bonds. The molecular weight excluding hydrogens is 344 g/mol. The van der Waals surface area contributed by atoms with Crippen LogP contribution >= 0.6 is 12.4 Å². The van der Waals surface area contributed by atoms with E-state index in [0.29, 0.717) is 19.8 Å². The van der Waals surface area contributed by atoms with Gasteiger partial charge < -0.3 is 25.3 Å². The van der Waals surface area contributed by atoms with E-state index < -0.39 is 6.10 Å². The van der Waals surface area contributed by atoms with Crippen LogP contribution in [0.1, 0.15) is 38.3 Å². The predicted octanol–water partition coefficient (Wildman–Crippen LogP) is 2.20. The van der Waals surface area contributed by atoms with Crippen LogP contribution in [0.2, 0.25) is 0 Å². The van der Waals surface area contributed by atoms with Crippen LogP contribution in [-0.4, -0.2) is 37.9 Å². The zero-order chi connectivity index (χ0) is 17.1. The maximum Gasteiger partial charge on any atom is 0.249 e. The summed E-state index contributed by atoms with van der Waals surface area (Å²) in [5.41, 5.74) is 6.63. The first-order valence-electron chi connectivity index (χ1n) is 8.64. The van der Waals surface area contributed by atoms with E-state index in [0.717, 1.165) is 29.9 Å². The first-order chi connectivity index (χ1) is 11.6. The van der Waals surface area contributed by atoms with Gasteiger partial charge in [0.15, 0.2) is 11.5 Å². The number of halogens is 1. The summed E-state index contributed by atoms with van der Waals surface area (Å²) in [6.07, 6.45) is 1.15. The highest BCUT2D eigenvalue weighted by Crippen LogP contribution is 2.34. The Hall–Kier alpha value is -1.50. The van der Waals surface area contributed by atoms with E-state index in [1.165, 1.54) is 0 Å². The average Bonchev–Trinajstić information content (AvgIpc) is 3.08. The summed E-state index contributed by atoms with van der Waals surface area (Å²) in [6.45, 7) is 5.74. The normalized spacial score (nSPS) is 23.0. The second-order valence-corrected chi connectivity index (χ2v) is 6.69. The van der Waals surface area contributed by atoms with Crippen molar-refractivity contribution in [3.8, 4) is 11.5 Å². The molecule has 7 heteroatoms. The molecule has 140 valence electrons. The van der Waals surface area contributed by atoms with E-state index in [2.05, 4.69) is 19.2 Å². The SMILES string of the molecule is CC(C)C(NC(=O)[C@@H]1CC[C@H](CN)O1)c1ccc2c(c1)OCCO2.Cl. The third kappa shape index (κ3) is 4.57. The Bertz CT molecular complexity index is 596. The molecule has 25 heavy (non-hydrogen) atoms. The molecule has 0 aliphatic carbocycles. The van der Waals surface area contributed by atoms with E-state index in [1.54, 1.807) is 0 Å². The van der Waals surface area contributed by atoms with E-state index in [-0.39, 0.29) is 36.4 Å². The number of fused-ring (bicyclic) bond motifs is 1. The first-order valence-corrected chi connectivity index (χ1v) is 8.64. The number of carbonyl (C=O) groups is 1. The van der Waals surface area contributed by atoms with Crippen LogP contribution in [0, 0.1) is 5.92 Å². The van der Waals surface area contributed by atoms with Gasteiger partial charge in [-0.25, -0.2) is 0 Å². The van der Waals surface area contributed by atoms with Gasteiger partial charge in [-0.15, -0.1) is 12.4 Å². The molecular formula is C18H27ClN2O4. The van der Waals surface area contributed by atoms with Crippen LogP contribution in [0.4, 0.5) is 0 Å². The molecule has 2 aliphatic rings. The molecule has 0 bridgehead atoms. The summed E-state index contributed by atoms with van der Waals surface area (Å²) >= 11 is 0. The third-order valence-corrected chi connectivity index (χ3v) is 4.55. The van der Waals surface area contributed by atoms with Gasteiger partial charge in [-0.05, 0) is 36.5 Å². The van der Waals surface area contributed by atoms with Gasteiger partial charge in [-0.2, -0.15) is 0 Å². The van der Waals surface area contributed by atoms with Crippen molar-refractivity contribution in [3.05, 3.63) is 23.8 Å². The molecule has 2 heterocycles. The maximum absolute atomic E-state index is 12.6. The molecule has 1 aromatic carbocycles. The molecule has 3 rings (SSSR count). The van der Waals surface area contributed by atoms with Crippen molar-refractivity contribution in [1.82, 2.24) is 5.32 Å². The number of nitrogens with two attached hydrogens (primary N) is 1. The van der Waals surface area contributed by atoms with E-state index >= 15 is 0 Å². The Morgan fingerprint density at radius 1 is 1.24 bits per heavy atom. The second-order valence-electron chi connectivity index (χ2n) is 6.69. The number of benzene rings is 1. The molecule has 3 N–H and O–H groups in total. The lowest BCUT2D eigenvalue weighted by Crippen LogP contribution is -2.39. The Morgan fingerprint density at radius 3 is 2.60 bits per heavy atom. The maximum atomic E-state index is 12.6. The highest BCUT2D eigenvalue weighted by atomic mass is 35.5. The molecule has 1 saturated heterocycles. The molecule has 0 aromatic heterocycles. The third-order valence-electron chi connectivity index (χ3n) is 4.55. The lowest BCUT2D eigenvalue weighted by atomic mass is 9.95. The van der Waals surface area contributed by atoms with Gasteiger partial charge in [0.05, 0.1) is 12.1 Å². The monoisotopic (exact) mass is 370 g/mol. The standard InChI is InChI=1S/C18H26N2O4.ClH/c1-11(2)17(20-18(21)15-6-4-13(10-19)24-15)12-3-5-14-16(9-12)23-8-7-22-14;/h3,5,9,11,13,15,17H,4,6-8,10,19H2,1-2H3,(H,20,21);1H/t13-,15+,17?;/m1./s1. The van der Waals surface area contributed by atoms with Crippen LogP contribution in [0.25, 0.3) is 0 Å². The van der Waals surface area contributed by atoms with Gasteiger partial charge in [0, 0.05) is 6.54 Å².